The van der Waals surface area contributed by atoms with Crippen molar-refractivity contribution < 1.29 is 158 Å². The Hall–Kier alpha value is -12.4. The molecule has 0 amide bonds. The lowest BCUT2D eigenvalue weighted by Gasteiger charge is -2.25. The van der Waals surface area contributed by atoms with Crippen LogP contribution in [0.1, 0.15) is 0 Å². The molecule has 408 valence electrons. The van der Waals surface area contributed by atoms with E-state index in [1.54, 1.807) is 0 Å². The van der Waals surface area contributed by atoms with Crippen LogP contribution in [0.5, 0.6) is 172 Å². The highest BCUT2D eigenvalue weighted by molar-refractivity contribution is 6.35. The van der Waals surface area contributed by atoms with Gasteiger partial charge in [-0.1, -0.05) is 0 Å². The van der Waals surface area contributed by atoms with Gasteiger partial charge < -0.3 is 158 Å². The molecule has 31 nitrogen and oxygen atoms in total. The fourth-order valence-corrected chi connectivity index (χ4v) is 9.71. The van der Waals surface area contributed by atoms with Crippen molar-refractivity contribution in [1.82, 2.24) is 0 Å². The van der Waals surface area contributed by atoms with E-state index in [2.05, 4.69) is 0 Å². The summed E-state index contributed by atoms with van der Waals surface area (Å²) in [6.45, 7) is 0. The standard InChI is InChI=1S/C48H30O31/c49-17-10-15(34(66)41(73)40(72)31(10)63)35(67)48-16(17)8-7(22(54)44(76)46(78)47(8)79-48)1-3-5(20(52)38(70)36(68)18(3)50)2(6-4(1)19(51)37(69)39(71)21(6)53)9-23(55)25(57)11(26(58)24(9)56)12-27(59)29(61)13(30(62)28(12)60)14-32(64)42(74)45(77)43(75)33(14)65/h49-78H. The number of aromatic hydroxyl groups is 30. The maximum atomic E-state index is 11.9. The first-order valence-electron chi connectivity index (χ1n) is 21.1. The third-order valence-corrected chi connectivity index (χ3v) is 13.3. The fraction of sp³-hybridized carbons (Fsp3) is 0. The molecular formula is C48H30O31. The summed E-state index contributed by atoms with van der Waals surface area (Å²) < 4.78 is 5.56. The number of furan rings is 1. The Morgan fingerprint density at radius 1 is 0.114 bits per heavy atom. The number of fused-ring (bicyclic) bond motifs is 6. The van der Waals surface area contributed by atoms with Gasteiger partial charge in [0.15, 0.2) is 115 Å². The SMILES string of the molecule is Oc1c(O)c(O)c(-c2c(O)c(O)c(-c3c(O)c(O)c(-c4c5c(O)c(O)c(O)c(O)c5c(-c5c(O)c(O)c(O)c6oc7c(O)c8c(O)c(O)c(O)c(O)c8c(O)c7c56)c5c(O)c(O)c(O)c(O)c45)c(O)c3O)c(O)c2O)c(O)c1O. The summed E-state index contributed by atoms with van der Waals surface area (Å²) in [5.41, 5.74) is -14.6. The molecule has 0 aliphatic carbocycles. The Labute approximate surface area is 428 Å². The van der Waals surface area contributed by atoms with Gasteiger partial charge in [-0.25, -0.2) is 0 Å². The summed E-state index contributed by atoms with van der Waals surface area (Å²) in [6.07, 6.45) is 0. The first kappa shape index (κ1) is 50.1. The highest BCUT2D eigenvalue weighted by Gasteiger charge is 2.42. The maximum absolute atomic E-state index is 11.9. The van der Waals surface area contributed by atoms with E-state index in [1.807, 2.05) is 0 Å². The van der Waals surface area contributed by atoms with Gasteiger partial charge in [0.25, 0.3) is 0 Å². The molecule has 9 aromatic carbocycles. The van der Waals surface area contributed by atoms with Gasteiger partial charge in [0.1, 0.15) is 5.75 Å². The average Bonchev–Trinajstić information content (AvgIpc) is 4.04. The number of phenolic OH excluding ortho intramolecular Hbond substituents is 30. The number of rotatable bonds is 4. The lowest BCUT2D eigenvalue weighted by atomic mass is 9.81. The molecule has 0 bridgehead atoms. The molecule has 0 spiro atoms. The topological polar surface area (TPSA) is 620 Å². The van der Waals surface area contributed by atoms with Crippen LogP contribution in [0.15, 0.2) is 4.42 Å². The summed E-state index contributed by atoms with van der Waals surface area (Å²) in [4.78, 5) is 0. The van der Waals surface area contributed by atoms with Gasteiger partial charge >= 0.3 is 0 Å². The van der Waals surface area contributed by atoms with Crippen LogP contribution >= 0.6 is 0 Å². The predicted molar refractivity (Wildman–Crippen MR) is 258 cm³/mol. The van der Waals surface area contributed by atoms with Crippen molar-refractivity contribution in [3.8, 4) is 217 Å². The molecule has 31 heteroatoms. The lowest BCUT2D eigenvalue weighted by Crippen LogP contribution is -1.97. The Kier molecular flexibility index (Phi) is 9.86. The molecule has 79 heavy (non-hydrogen) atoms. The molecular weight excluding hydrogens is 1070 g/mol. The quantitative estimate of drug-likeness (QED) is 0.0634. The smallest absolute Gasteiger partial charge is 0.208 e. The molecule has 0 fully saturated rings. The van der Waals surface area contributed by atoms with Crippen LogP contribution in [0.3, 0.4) is 0 Å². The molecule has 10 rings (SSSR count). The van der Waals surface area contributed by atoms with Gasteiger partial charge in [-0.15, -0.1) is 0 Å². The molecule has 0 saturated heterocycles. The van der Waals surface area contributed by atoms with Crippen LogP contribution in [0.2, 0.25) is 0 Å². The van der Waals surface area contributed by atoms with E-state index < -0.39 is 271 Å². The van der Waals surface area contributed by atoms with Gasteiger partial charge in [-0.05, 0) is 0 Å². The van der Waals surface area contributed by atoms with Crippen molar-refractivity contribution in [2.24, 2.45) is 0 Å². The second kappa shape index (κ2) is 15.6. The first-order chi connectivity index (χ1) is 36.8. The van der Waals surface area contributed by atoms with E-state index in [1.165, 1.54) is 0 Å². The summed E-state index contributed by atoms with van der Waals surface area (Å²) in [6, 6.07) is 0. The van der Waals surface area contributed by atoms with Crippen molar-refractivity contribution in [3.63, 3.8) is 0 Å². The van der Waals surface area contributed by atoms with Crippen LogP contribution in [0.4, 0.5) is 0 Å². The molecule has 0 aliphatic rings. The molecule has 0 saturated carbocycles. The Bertz CT molecular complexity index is 4420. The number of benzene rings is 9. The van der Waals surface area contributed by atoms with E-state index in [9.17, 15) is 153 Å². The highest BCUT2D eigenvalue weighted by Crippen LogP contribution is 2.71. The van der Waals surface area contributed by atoms with Crippen molar-refractivity contribution in [3.05, 3.63) is 0 Å². The number of phenols is 30. The zero-order valence-electron chi connectivity index (χ0n) is 37.8. The minimum atomic E-state index is -1.98. The Balaban J connectivity index is 1.42. The third kappa shape index (κ3) is 5.70. The van der Waals surface area contributed by atoms with E-state index >= 15 is 0 Å². The van der Waals surface area contributed by atoms with Crippen LogP contribution in [-0.4, -0.2) is 153 Å². The van der Waals surface area contributed by atoms with Crippen molar-refractivity contribution >= 4 is 54.3 Å². The van der Waals surface area contributed by atoms with Crippen LogP contribution in [0, 0.1) is 0 Å². The number of hydrogen-bond donors (Lipinski definition) is 30. The molecule has 0 aliphatic heterocycles. The van der Waals surface area contributed by atoms with Gasteiger partial charge in [-0.2, -0.15) is 0 Å². The minimum Gasteiger partial charge on any atom is -0.506 e. The van der Waals surface area contributed by atoms with Crippen LogP contribution < -0.4 is 0 Å². The highest BCUT2D eigenvalue weighted by atomic mass is 16.4. The lowest BCUT2D eigenvalue weighted by molar-refractivity contribution is 0.329. The normalized spacial score (nSPS) is 11.8. The molecule has 0 atom stereocenters. The van der Waals surface area contributed by atoms with Crippen molar-refractivity contribution in [2.75, 3.05) is 0 Å². The van der Waals surface area contributed by atoms with Crippen LogP contribution in [-0.2, 0) is 0 Å². The van der Waals surface area contributed by atoms with Gasteiger partial charge in [0.2, 0.25) is 63.2 Å². The molecule has 1 aromatic heterocycles. The Morgan fingerprint density at radius 3 is 0.620 bits per heavy atom. The predicted octanol–water partition coefficient (Wildman–Crippen LogP) is 4.88. The largest absolute Gasteiger partial charge is 0.506 e. The van der Waals surface area contributed by atoms with E-state index in [0.717, 1.165) is 0 Å². The zero-order chi connectivity index (χ0) is 58.4. The molecule has 30 N–H and O–H groups in total. The molecule has 0 radical (unpaired) electrons. The summed E-state index contributed by atoms with van der Waals surface area (Å²) in [7, 11) is 0. The van der Waals surface area contributed by atoms with E-state index in [0.29, 0.717) is 0 Å². The third-order valence-electron chi connectivity index (χ3n) is 13.3. The molecule has 0 unspecified atom stereocenters. The average molecular weight is 1100 g/mol. The summed E-state index contributed by atoms with van der Waals surface area (Å²) in [5.74, 6) is -52.0. The number of hydrogen-bond acceptors (Lipinski definition) is 31. The molecule has 10 aromatic rings. The van der Waals surface area contributed by atoms with Crippen LogP contribution in [0.25, 0.3) is 98.8 Å². The van der Waals surface area contributed by atoms with Crippen molar-refractivity contribution in [2.45, 2.75) is 0 Å². The van der Waals surface area contributed by atoms with Gasteiger partial charge in [0.05, 0.1) is 44.0 Å². The van der Waals surface area contributed by atoms with E-state index in [-0.39, 0.29) is 0 Å². The van der Waals surface area contributed by atoms with Crippen molar-refractivity contribution in [1.29, 1.82) is 0 Å². The monoisotopic (exact) mass is 1100 g/mol. The maximum Gasteiger partial charge on any atom is 0.208 e. The van der Waals surface area contributed by atoms with E-state index in [4.69, 9.17) is 4.42 Å². The summed E-state index contributed by atoms with van der Waals surface area (Å²) >= 11 is 0. The summed E-state index contributed by atoms with van der Waals surface area (Å²) in [5, 5.41) is 325. The second-order valence-electron chi connectivity index (χ2n) is 17.2. The second-order valence-corrected chi connectivity index (χ2v) is 17.2. The van der Waals surface area contributed by atoms with Gasteiger partial charge in [0, 0.05) is 43.6 Å². The minimum absolute atomic E-state index is 1.11. The molecule has 1 heterocycles. The zero-order valence-corrected chi connectivity index (χ0v) is 37.8. The fourth-order valence-electron chi connectivity index (χ4n) is 9.71. The Morgan fingerprint density at radius 2 is 0.304 bits per heavy atom. The first-order valence-corrected chi connectivity index (χ1v) is 21.1. The van der Waals surface area contributed by atoms with Gasteiger partial charge in [-0.3, -0.25) is 0 Å².